The van der Waals surface area contributed by atoms with Crippen molar-refractivity contribution in [2.75, 3.05) is 26.2 Å². The zero-order valence-electron chi connectivity index (χ0n) is 11.4. The van der Waals surface area contributed by atoms with E-state index in [4.69, 9.17) is 10.8 Å². The van der Waals surface area contributed by atoms with Crippen LogP contribution in [0.25, 0.3) is 0 Å². The van der Waals surface area contributed by atoms with E-state index < -0.39 is 24.5 Å². The summed E-state index contributed by atoms with van der Waals surface area (Å²) in [4.78, 5) is 36.5. The molecule has 1 heterocycles. The van der Waals surface area contributed by atoms with Crippen molar-refractivity contribution in [3.63, 3.8) is 0 Å². The second kappa shape index (κ2) is 5.90. The summed E-state index contributed by atoms with van der Waals surface area (Å²) in [5, 5.41) is 8.78. The van der Waals surface area contributed by atoms with Crippen molar-refractivity contribution in [3.05, 3.63) is 0 Å². The van der Waals surface area contributed by atoms with Crippen molar-refractivity contribution in [1.82, 2.24) is 9.80 Å². The van der Waals surface area contributed by atoms with E-state index in [1.807, 2.05) is 0 Å². The standard InChI is InChI=1S/C12H21N3O4/c1-12(2)4-3-5-14(8-12)11(19)15(6-9(13)16)7-10(17)18/h3-8H2,1-2H3,(H2,13,16)(H,17,18). The Bertz CT molecular complexity index is 365. The van der Waals surface area contributed by atoms with Gasteiger partial charge in [0.05, 0.1) is 0 Å². The maximum atomic E-state index is 12.2. The molecule has 1 saturated heterocycles. The number of primary amides is 1. The van der Waals surface area contributed by atoms with Gasteiger partial charge in [-0.1, -0.05) is 13.8 Å². The van der Waals surface area contributed by atoms with Crippen LogP contribution in [0, 0.1) is 5.41 Å². The van der Waals surface area contributed by atoms with Gasteiger partial charge in [0.25, 0.3) is 0 Å². The van der Waals surface area contributed by atoms with E-state index >= 15 is 0 Å². The quantitative estimate of drug-likeness (QED) is 0.756. The number of urea groups is 1. The Morgan fingerprint density at radius 2 is 1.95 bits per heavy atom. The number of nitrogens with two attached hydrogens (primary N) is 1. The monoisotopic (exact) mass is 271 g/mol. The molecule has 0 radical (unpaired) electrons. The van der Waals surface area contributed by atoms with Crippen LogP contribution in [0.2, 0.25) is 0 Å². The fourth-order valence-electron chi connectivity index (χ4n) is 2.33. The molecule has 19 heavy (non-hydrogen) atoms. The Labute approximate surface area is 112 Å². The molecule has 1 fully saturated rings. The van der Waals surface area contributed by atoms with Crippen molar-refractivity contribution in [2.24, 2.45) is 11.1 Å². The molecule has 0 aromatic rings. The van der Waals surface area contributed by atoms with Gasteiger partial charge in [-0.3, -0.25) is 9.59 Å². The van der Waals surface area contributed by atoms with Crippen LogP contribution in [0.3, 0.4) is 0 Å². The van der Waals surface area contributed by atoms with E-state index in [-0.39, 0.29) is 12.0 Å². The highest BCUT2D eigenvalue weighted by Crippen LogP contribution is 2.28. The predicted octanol–water partition coefficient (Wildman–Crippen LogP) is 0.100. The van der Waals surface area contributed by atoms with Crippen LogP contribution in [0.1, 0.15) is 26.7 Å². The lowest BCUT2D eigenvalue weighted by atomic mass is 9.84. The van der Waals surface area contributed by atoms with Gasteiger partial charge in [-0.05, 0) is 18.3 Å². The molecule has 1 aliphatic heterocycles. The third-order valence-corrected chi connectivity index (χ3v) is 3.11. The normalized spacial score (nSPS) is 17.9. The van der Waals surface area contributed by atoms with Crippen LogP contribution in [0.4, 0.5) is 4.79 Å². The smallest absolute Gasteiger partial charge is 0.323 e. The Balaban J connectivity index is 2.74. The summed E-state index contributed by atoms with van der Waals surface area (Å²) in [6.07, 6.45) is 1.89. The van der Waals surface area contributed by atoms with Crippen LogP contribution < -0.4 is 5.73 Å². The number of carboxylic acid groups (broad SMARTS) is 1. The predicted molar refractivity (Wildman–Crippen MR) is 68.4 cm³/mol. The van der Waals surface area contributed by atoms with Crippen LogP contribution in [-0.2, 0) is 9.59 Å². The summed E-state index contributed by atoms with van der Waals surface area (Å²) in [6.45, 7) is 4.36. The number of hydrogen-bond donors (Lipinski definition) is 2. The minimum absolute atomic E-state index is 0.00945. The van der Waals surface area contributed by atoms with Crippen molar-refractivity contribution < 1.29 is 19.5 Å². The van der Waals surface area contributed by atoms with Gasteiger partial charge in [-0.15, -0.1) is 0 Å². The minimum Gasteiger partial charge on any atom is -0.480 e. The first-order valence-electron chi connectivity index (χ1n) is 6.25. The lowest BCUT2D eigenvalue weighted by Crippen LogP contribution is -2.52. The van der Waals surface area contributed by atoms with Crippen LogP contribution in [0.15, 0.2) is 0 Å². The van der Waals surface area contributed by atoms with Crippen LogP contribution >= 0.6 is 0 Å². The number of piperidine rings is 1. The Morgan fingerprint density at radius 1 is 1.32 bits per heavy atom. The van der Waals surface area contributed by atoms with E-state index in [0.717, 1.165) is 17.7 Å². The summed E-state index contributed by atoms with van der Waals surface area (Å²) in [7, 11) is 0. The summed E-state index contributed by atoms with van der Waals surface area (Å²) < 4.78 is 0. The molecule has 108 valence electrons. The van der Waals surface area contributed by atoms with E-state index in [2.05, 4.69) is 13.8 Å². The number of rotatable bonds is 4. The summed E-state index contributed by atoms with van der Waals surface area (Å²) in [6, 6.07) is -0.436. The molecule has 1 rings (SSSR count). The molecule has 1 aliphatic rings. The molecule has 0 spiro atoms. The largest absolute Gasteiger partial charge is 0.480 e. The van der Waals surface area contributed by atoms with E-state index in [1.54, 1.807) is 4.90 Å². The number of carbonyl (C=O) groups excluding carboxylic acids is 2. The zero-order valence-corrected chi connectivity index (χ0v) is 11.4. The number of hydrogen-bond acceptors (Lipinski definition) is 3. The third-order valence-electron chi connectivity index (χ3n) is 3.11. The van der Waals surface area contributed by atoms with Crippen molar-refractivity contribution in [1.29, 1.82) is 0 Å². The Morgan fingerprint density at radius 3 is 2.42 bits per heavy atom. The molecule has 0 aliphatic carbocycles. The molecule has 0 aromatic heterocycles. The Hall–Kier alpha value is -1.79. The third kappa shape index (κ3) is 4.76. The highest BCUT2D eigenvalue weighted by molar-refractivity contribution is 5.86. The second-order valence-corrected chi connectivity index (χ2v) is 5.69. The van der Waals surface area contributed by atoms with Gasteiger partial charge in [0.2, 0.25) is 5.91 Å². The van der Waals surface area contributed by atoms with Gasteiger partial charge in [-0.25, -0.2) is 4.79 Å². The van der Waals surface area contributed by atoms with Crippen molar-refractivity contribution in [2.45, 2.75) is 26.7 Å². The average Bonchev–Trinajstić information content (AvgIpc) is 2.24. The first kappa shape index (κ1) is 15.3. The number of carbonyl (C=O) groups is 3. The second-order valence-electron chi connectivity index (χ2n) is 5.69. The van der Waals surface area contributed by atoms with Gasteiger partial charge in [0.15, 0.2) is 0 Å². The highest BCUT2D eigenvalue weighted by Gasteiger charge is 2.32. The molecule has 0 atom stereocenters. The molecular weight excluding hydrogens is 250 g/mol. The van der Waals surface area contributed by atoms with E-state index in [9.17, 15) is 14.4 Å². The van der Waals surface area contributed by atoms with Gasteiger partial charge in [0, 0.05) is 13.1 Å². The molecule has 0 aromatic carbocycles. The topological polar surface area (TPSA) is 104 Å². The fraction of sp³-hybridized carbons (Fsp3) is 0.750. The Kier molecular flexibility index (Phi) is 4.74. The molecule has 3 amide bonds. The molecule has 3 N–H and O–H groups in total. The van der Waals surface area contributed by atoms with E-state index in [0.29, 0.717) is 13.1 Å². The molecule has 0 bridgehead atoms. The first-order valence-corrected chi connectivity index (χ1v) is 6.25. The number of aliphatic carboxylic acids is 1. The lowest BCUT2D eigenvalue weighted by molar-refractivity contribution is -0.138. The first-order chi connectivity index (χ1) is 8.71. The van der Waals surface area contributed by atoms with Gasteiger partial charge in [-0.2, -0.15) is 0 Å². The molecule has 7 nitrogen and oxygen atoms in total. The SMILES string of the molecule is CC1(C)CCCN(C(=O)N(CC(N)=O)CC(=O)O)C1. The molecular formula is C12H21N3O4. The summed E-state index contributed by atoms with van der Waals surface area (Å²) >= 11 is 0. The zero-order chi connectivity index (χ0) is 14.6. The van der Waals surface area contributed by atoms with Gasteiger partial charge in [0.1, 0.15) is 13.1 Å². The van der Waals surface area contributed by atoms with Gasteiger partial charge >= 0.3 is 12.0 Å². The maximum Gasteiger partial charge on any atom is 0.323 e. The summed E-state index contributed by atoms with van der Waals surface area (Å²) in [5.41, 5.74) is 5.05. The summed E-state index contributed by atoms with van der Waals surface area (Å²) in [5.74, 6) is -1.88. The molecule has 7 heteroatoms. The number of nitrogens with zero attached hydrogens (tertiary/aromatic N) is 2. The maximum absolute atomic E-state index is 12.2. The number of carboxylic acids is 1. The number of likely N-dealkylation sites (tertiary alicyclic amines) is 1. The van der Waals surface area contributed by atoms with Crippen LogP contribution in [-0.4, -0.2) is 59.0 Å². The average molecular weight is 271 g/mol. The minimum atomic E-state index is -1.16. The van der Waals surface area contributed by atoms with Crippen LogP contribution in [0.5, 0.6) is 0 Å². The van der Waals surface area contributed by atoms with Crippen molar-refractivity contribution in [3.8, 4) is 0 Å². The van der Waals surface area contributed by atoms with Crippen molar-refractivity contribution >= 4 is 17.9 Å². The van der Waals surface area contributed by atoms with E-state index in [1.165, 1.54) is 0 Å². The highest BCUT2D eigenvalue weighted by atomic mass is 16.4. The molecule has 0 unspecified atom stereocenters. The number of amides is 3. The lowest BCUT2D eigenvalue weighted by Gasteiger charge is -2.39. The molecule has 0 saturated carbocycles. The van der Waals surface area contributed by atoms with Gasteiger partial charge < -0.3 is 20.6 Å². The fourth-order valence-corrected chi connectivity index (χ4v) is 2.33.